The molecule has 0 saturated heterocycles. The van der Waals surface area contributed by atoms with Crippen molar-refractivity contribution < 1.29 is 13.2 Å². The summed E-state index contributed by atoms with van der Waals surface area (Å²) >= 11 is 0. The normalized spacial score (nSPS) is 10.7. The van der Waals surface area contributed by atoms with E-state index in [4.69, 9.17) is 0 Å². The first-order valence-electron chi connectivity index (χ1n) is 5.22. The number of halogens is 3. The average Bonchev–Trinajstić information content (AvgIpc) is 2.37. The zero-order valence-electron chi connectivity index (χ0n) is 9.54. The minimum Gasteiger partial charge on any atom is -0.316 e. The third-order valence-electron chi connectivity index (χ3n) is 2.33. The van der Waals surface area contributed by atoms with Gasteiger partial charge in [-0.15, -0.1) is 0 Å². The molecule has 1 aromatic heterocycles. The molecular formula is C12H10F3N3. The molecule has 0 aliphatic rings. The lowest BCUT2D eigenvalue weighted by atomic mass is 10.2. The molecule has 1 aromatic carbocycles. The fraction of sp³-hybridized carbons (Fsp3) is 0.167. The van der Waals surface area contributed by atoms with Gasteiger partial charge in [-0.3, -0.25) is 0 Å². The first-order chi connectivity index (χ1) is 8.61. The van der Waals surface area contributed by atoms with Crippen molar-refractivity contribution in [3.63, 3.8) is 0 Å². The molecule has 2 aromatic rings. The third kappa shape index (κ3) is 2.48. The highest BCUT2D eigenvalue weighted by molar-refractivity contribution is 5.54. The van der Waals surface area contributed by atoms with Crippen LogP contribution in [-0.2, 0) is 6.54 Å². The van der Waals surface area contributed by atoms with Gasteiger partial charge >= 0.3 is 0 Å². The van der Waals surface area contributed by atoms with Crippen LogP contribution in [0.5, 0.6) is 0 Å². The molecule has 0 bridgehead atoms. The van der Waals surface area contributed by atoms with Gasteiger partial charge in [-0.2, -0.15) is 0 Å². The van der Waals surface area contributed by atoms with Gasteiger partial charge in [-0.25, -0.2) is 23.1 Å². The van der Waals surface area contributed by atoms with Gasteiger partial charge in [0, 0.05) is 30.1 Å². The summed E-state index contributed by atoms with van der Waals surface area (Å²) < 4.78 is 38.9. The van der Waals surface area contributed by atoms with Crippen molar-refractivity contribution in [2.45, 2.75) is 6.54 Å². The second-order valence-corrected chi connectivity index (χ2v) is 3.70. The number of hydrogen-bond acceptors (Lipinski definition) is 3. The van der Waals surface area contributed by atoms with E-state index in [1.54, 1.807) is 7.05 Å². The highest BCUT2D eigenvalue weighted by Gasteiger charge is 2.12. The summed E-state index contributed by atoms with van der Waals surface area (Å²) in [7, 11) is 1.78. The molecule has 2 rings (SSSR count). The smallest absolute Gasteiger partial charge is 0.194 e. The van der Waals surface area contributed by atoms with Gasteiger partial charge in [0.2, 0.25) is 0 Å². The Labute approximate surface area is 102 Å². The van der Waals surface area contributed by atoms with Crippen molar-refractivity contribution in [3.8, 4) is 11.4 Å². The van der Waals surface area contributed by atoms with Gasteiger partial charge < -0.3 is 5.32 Å². The lowest BCUT2D eigenvalue weighted by Gasteiger charge is -2.03. The van der Waals surface area contributed by atoms with E-state index in [9.17, 15) is 13.2 Å². The Kier molecular flexibility index (Phi) is 3.57. The van der Waals surface area contributed by atoms with Crippen molar-refractivity contribution in [1.82, 2.24) is 15.3 Å². The molecule has 0 radical (unpaired) electrons. The molecule has 0 spiro atoms. The number of hydrogen-bond donors (Lipinski definition) is 1. The van der Waals surface area contributed by atoms with Crippen LogP contribution >= 0.6 is 0 Å². The predicted molar refractivity (Wildman–Crippen MR) is 60.1 cm³/mol. The van der Waals surface area contributed by atoms with Gasteiger partial charge in [-0.05, 0) is 19.2 Å². The van der Waals surface area contributed by atoms with Crippen LogP contribution in [0.25, 0.3) is 11.4 Å². The maximum absolute atomic E-state index is 13.0. The van der Waals surface area contributed by atoms with Crippen LogP contribution in [0.2, 0.25) is 0 Å². The Morgan fingerprint density at radius 2 is 1.61 bits per heavy atom. The Bertz CT molecular complexity index is 532. The molecule has 0 fully saturated rings. The molecule has 0 saturated carbocycles. The Balaban J connectivity index is 2.36. The number of aromatic nitrogens is 2. The minimum atomic E-state index is -1.49. The van der Waals surface area contributed by atoms with Crippen LogP contribution in [0.1, 0.15) is 5.56 Å². The van der Waals surface area contributed by atoms with Gasteiger partial charge in [0.15, 0.2) is 23.3 Å². The van der Waals surface area contributed by atoms with Crippen molar-refractivity contribution in [2.24, 2.45) is 0 Å². The topological polar surface area (TPSA) is 37.8 Å². The van der Waals surface area contributed by atoms with E-state index < -0.39 is 17.5 Å². The summed E-state index contributed by atoms with van der Waals surface area (Å²) in [6.07, 6.45) is 3.08. The molecule has 0 unspecified atom stereocenters. The third-order valence-corrected chi connectivity index (χ3v) is 2.33. The van der Waals surface area contributed by atoms with E-state index in [-0.39, 0.29) is 11.4 Å². The minimum absolute atomic E-state index is 0.0995. The maximum Gasteiger partial charge on any atom is 0.194 e. The van der Waals surface area contributed by atoms with Crippen LogP contribution in [0.15, 0.2) is 24.5 Å². The van der Waals surface area contributed by atoms with Gasteiger partial charge in [-0.1, -0.05) is 0 Å². The van der Waals surface area contributed by atoms with Crippen molar-refractivity contribution in [1.29, 1.82) is 0 Å². The van der Waals surface area contributed by atoms with Crippen LogP contribution in [0.3, 0.4) is 0 Å². The largest absolute Gasteiger partial charge is 0.316 e. The van der Waals surface area contributed by atoms with Crippen LogP contribution in [0, 0.1) is 17.5 Å². The van der Waals surface area contributed by atoms with E-state index >= 15 is 0 Å². The van der Waals surface area contributed by atoms with E-state index in [1.807, 2.05) is 0 Å². The number of nitrogens with one attached hydrogen (secondary N) is 1. The summed E-state index contributed by atoms with van der Waals surface area (Å²) in [6, 6.07) is 1.73. The molecule has 0 atom stereocenters. The number of benzene rings is 1. The second-order valence-electron chi connectivity index (χ2n) is 3.70. The zero-order valence-corrected chi connectivity index (χ0v) is 9.54. The molecular weight excluding hydrogens is 243 g/mol. The lowest BCUT2D eigenvalue weighted by molar-refractivity contribution is 0.447. The quantitative estimate of drug-likeness (QED) is 0.853. The first-order valence-corrected chi connectivity index (χ1v) is 5.22. The van der Waals surface area contributed by atoms with Gasteiger partial charge in [0.1, 0.15) is 0 Å². The van der Waals surface area contributed by atoms with E-state index in [2.05, 4.69) is 15.3 Å². The van der Waals surface area contributed by atoms with E-state index in [0.717, 1.165) is 17.7 Å². The summed E-state index contributed by atoms with van der Waals surface area (Å²) in [5, 5.41) is 2.92. The highest BCUT2D eigenvalue weighted by atomic mass is 19.2. The van der Waals surface area contributed by atoms with Crippen LogP contribution in [0.4, 0.5) is 13.2 Å². The van der Waals surface area contributed by atoms with Crippen LogP contribution in [-0.4, -0.2) is 17.0 Å². The second kappa shape index (κ2) is 5.14. The Morgan fingerprint density at radius 1 is 1.06 bits per heavy atom. The summed E-state index contributed by atoms with van der Waals surface area (Å²) in [4.78, 5) is 7.95. The molecule has 6 heteroatoms. The Hall–Kier alpha value is -1.95. The number of nitrogens with zero attached hydrogens (tertiary/aromatic N) is 2. The summed E-state index contributed by atoms with van der Waals surface area (Å²) in [5.41, 5.74) is 0.937. The molecule has 0 aliphatic carbocycles. The van der Waals surface area contributed by atoms with Crippen molar-refractivity contribution in [3.05, 3.63) is 47.5 Å². The summed E-state index contributed by atoms with van der Waals surface area (Å²) in [5.74, 6) is -3.86. The summed E-state index contributed by atoms with van der Waals surface area (Å²) in [6.45, 7) is 0.590. The first kappa shape index (κ1) is 12.5. The van der Waals surface area contributed by atoms with E-state index in [1.165, 1.54) is 12.4 Å². The SMILES string of the molecule is CNCc1cnc(-c2cc(F)c(F)c(F)c2)nc1. The van der Waals surface area contributed by atoms with E-state index in [0.29, 0.717) is 6.54 Å². The van der Waals surface area contributed by atoms with Crippen molar-refractivity contribution >= 4 is 0 Å². The van der Waals surface area contributed by atoms with Gasteiger partial charge in [0.05, 0.1) is 0 Å². The molecule has 0 aliphatic heterocycles. The molecule has 0 amide bonds. The zero-order chi connectivity index (χ0) is 13.1. The number of rotatable bonds is 3. The molecule has 1 N–H and O–H groups in total. The Morgan fingerprint density at radius 3 is 2.11 bits per heavy atom. The van der Waals surface area contributed by atoms with Crippen LogP contribution < -0.4 is 5.32 Å². The molecule has 1 heterocycles. The van der Waals surface area contributed by atoms with Gasteiger partial charge in [0.25, 0.3) is 0 Å². The lowest BCUT2D eigenvalue weighted by Crippen LogP contribution is -2.06. The molecule has 3 nitrogen and oxygen atoms in total. The van der Waals surface area contributed by atoms with Crippen molar-refractivity contribution in [2.75, 3.05) is 7.05 Å². The molecule has 94 valence electrons. The highest BCUT2D eigenvalue weighted by Crippen LogP contribution is 2.20. The average molecular weight is 253 g/mol. The monoisotopic (exact) mass is 253 g/mol. The fourth-order valence-electron chi connectivity index (χ4n) is 1.48. The maximum atomic E-state index is 13.0. The standard InChI is InChI=1S/C12H10F3N3/c1-16-4-7-5-17-12(18-6-7)8-2-9(13)11(15)10(14)3-8/h2-3,5-6,16H,4H2,1H3. The molecule has 18 heavy (non-hydrogen) atoms. The predicted octanol–water partition coefficient (Wildman–Crippen LogP) is 2.28. The fourth-order valence-corrected chi connectivity index (χ4v) is 1.48.